The third-order valence-corrected chi connectivity index (χ3v) is 2.01. The monoisotopic (exact) mass is 200 g/mol. The zero-order valence-electron chi connectivity index (χ0n) is 9.01. The Kier molecular flexibility index (Phi) is 6.80. The largest absolute Gasteiger partial charge is 0.368 e. The van der Waals surface area contributed by atoms with Crippen molar-refractivity contribution in [2.24, 2.45) is 5.73 Å². The lowest BCUT2D eigenvalue weighted by atomic mass is 10.1. The third kappa shape index (κ3) is 5.56. The van der Waals surface area contributed by atoms with Gasteiger partial charge in [0, 0.05) is 6.42 Å². The van der Waals surface area contributed by atoms with Gasteiger partial charge in [0.15, 0.2) is 0 Å². The Morgan fingerprint density at radius 3 is 2.36 bits per heavy atom. The van der Waals surface area contributed by atoms with Crippen LogP contribution in [-0.4, -0.2) is 17.9 Å². The Hall–Kier alpha value is -1.06. The number of nitrogens with one attached hydrogen (secondary N) is 1. The fourth-order valence-electron chi connectivity index (χ4n) is 1.18. The Morgan fingerprint density at radius 2 is 1.93 bits per heavy atom. The molecule has 0 rings (SSSR count). The van der Waals surface area contributed by atoms with E-state index in [1.54, 1.807) is 0 Å². The number of primary amides is 1. The molecule has 0 spiro atoms. The second-order valence-corrected chi connectivity index (χ2v) is 3.41. The Balaban J connectivity index is 3.90. The fourth-order valence-corrected chi connectivity index (χ4v) is 1.18. The molecule has 1 atom stereocenters. The van der Waals surface area contributed by atoms with Crippen molar-refractivity contribution in [1.82, 2.24) is 5.32 Å². The summed E-state index contributed by atoms with van der Waals surface area (Å²) in [5.74, 6) is -0.527. The van der Waals surface area contributed by atoms with Crippen molar-refractivity contribution in [3.63, 3.8) is 0 Å². The lowest BCUT2D eigenvalue weighted by Gasteiger charge is -2.14. The first-order valence-electron chi connectivity index (χ1n) is 5.20. The number of unbranched alkanes of at least 4 members (excludes halogenated alkanes) is 1. The summed E-state index contributed by atoms with van der Waals surface area (Å²) in [6.45, 7) is 3.97. The molecule has 0 radical (unpaired) electrons. The van der Waals surface area contributed by atoms with E-state index >= 15 is 0 Å². The minimum Gasteiger partial charge on any atom is -0.368 e. The third-order valence-electron chi connectivity index (χ3n) is 2.01. The molecule has 4 heteroatoms. The van der Waals surface area contributed by atoms with Gasteiger partial charge in [-0.25, -0.2) is 0 Å². The maximum atomic E-state index is 11.3. The van der Waals surface area contributed by atoms with Crippen LogP contribution >= 0.6 is 0 Å². The first-order valence-corrected chi connectivity index (χ1v) is 5.20. The van der Waals surface area contributed by atoms with Crippen LogP contribution in [-0.2, 0) is 9.59 Å². The van der Waals surface area contributed by atoms with E-state index in [0.717, 1.165) is 19.3 Å². The lowest BCUT2D eigenvalue weighted by molar-refractivity contribution is -0.127. The van der Waals surface area contributed by atoms with Gasteiger partial charge in [0.1, 0.15) is 6.04 Å². The highest BCUT2D eigenvalue weighted by molar-refractivity contribution is 5.86. The first-order chi connectivity index (χ1) is 6.61. The number of carbonyl (C=O) groups is 2. The average Bonchev–Trinajstić information content (AvgIpc) is 2.14. The van der Waals surface area contributed by atoms with Gasteiger partial charge in [-0.15, -0.1) is 0 Å². The molecule has 0 aliphatic carbocycles. The van der Waals surface area contributed by atoms with E-state index in [-0.39, 0.29) is 5.91 Å². The smallest absolute Gasteiger partial charge is 0.239 e. The Morgan fingerprint density at radius 1 is 1.29 bits per heavy atom. The normalized spacial score (nSPS) is 12.1. The van der Waals surface area contributed by atoms with Crippen LogP contribution in [0.3, 0.4) is 0 Å². The minimum atomic E-state index is -0.496. The fraction of sp³-hybridized carbons (Fsp3) is 0.800. The van der Waals surface area contributed by atoms with Crippen LogP contribution < -0.4 is 11.1 Å². The zero-order chi connectivity index (χ0) is 11.0. The molecular formula is C10H20N2O2. The van der Waals surface area contributed by atoms with Crippen molar-refractivity contribution < 1.29 is 9.59 Å². The quantitative estimate of drug-likeness (QED) is 0.642. The lowest BCUT2D eigenvalue weighted by Crippen LogP contribution is -2.44. The molecule has 0 fully saturated rings. The summed E-state index contributed by atoms with van der Waals surface area (Å²) >= 11 is 0. The molecule has 0 aliphatic rings. The predicted octanol–water partition coefficient (Wildman–Crippen LogP) is 0.947. The number of carbonyl (C=O) groups excluding carboxylic acids is 2. The number of amides is 2. The summed E-state index contributed by atoms with van der Waals surface area (Å²) in [6.07, 6.45) is 3.75. The Bertz CT molecular complexity index is 193. The molecule has 0 saturated carbocycles. The van der Waals surface area contributed by atoms with E-state index in [4.69, 9.17) is 5.73 Å². The minimum absolute atomic E-state index is 0.0795. The first kappa shape index (κ1) is 12.9. The van der Waals surface area contributed by atoms with Crippen molar-refractivity contribution >= 4 is 11.8 Å². The van der Waals surface area contributed by atoms with Crippen molar-refractivity contribution in [2.75, 3.05) is 0 Å². The van der Waals surface area contributed by atoms with Gasteiger partial charge in [-0.1, -0.05) is 26.7 Å². The average molecular weight is 200 g/mol. The molecule has 0 saturated heterocycles. The van der Waals surface area contributed by atoms with Crippen LogP contribution in [0.5, 0.6) is 0 Å². The second-order valence-electron chi connectivity index (χ2n) is 3.41. The summed E-state index contributed by atoms with van der Waals surface area (Å²) < 4.78 is 0. The van der Waals surface area contributed by atoms with Crippen molar-refractivity contribution in [3.05, 3.63) is 0 Å². The number of hydrogen-bond acceptors (Lipinski definition) is 2. The van der Waals surface area contributed by atoms with Gasteiger partial charge in [-0.2, -0.15) is 0 Å². The number of nitrogens with two attached hydrogens (primary N) is 1. The van der Waals surface area contributed by atoms with E-state index < -0.39 is 11.9 Å². The van der Waals surface area contributed by atoms with Crippen molar-refractivity contribution in [3.8, 4) is 0 Å². The second kappa shape index (κ2) is 7.35. The summed E-state index contributed by atoms with van der Waals surface area (Å²) in [5.41, 5.74) is 5.15. The molecule has 0 aliphatic heterocycles. The van der Waals surface area contributed by atoms with Gasteiger partial charge in [0.05, 0.1) is 0 Å². The summed E-state index contributed by atoms with van der Waals surface area (Å²) in [7, 11) is 0. The van der Waals surface area contributed by atoms with Gasteiger partial charge in [0.25, 0.3) is 0 Å². The molecule has 0 aromatic rings. The highest BCUT2D eigenvalue weighted by atomic mass is 16.2. The molecule has 0 aromatic heterocycles. The number of hydrogen-bond donors (Lipinski definition) is 2. The molecule has 82 valence electrons. The summed E-state index contributed by atoms with van der Waals surface area (Å²) in [5, 5.41) is 2.64. The van der Waals surface area contributed by atoms with Crippen LogP contribution in [0.2, 0.25) is 0 Å². The van der Waals surface area contributed by atoms with E-state index in [0.29, 0.717) is 12.8 Å². The molecule has 0 heterocycles. The van der Waals surface area contributed by atoms with E-state index in [1.165, 1.54) is 0 Å². The molecule has 0 bridgehead atoms. The molecule has 1 unspecified atom stereocenters. The van der Waals surface area contributed by atoms with Crippen LogP contribution in [0.25, 0.3) is 0 Å². The van der Waals surface area contributed by atoms with Crippen LogP contribution in [0, 0.1) is 0 Å². The summed E-state index contributed by atoms with van der Waals surface area (Å²) in [6, 6.07) is -0.496. The topological polar surface area (TPSA) is 72.2 Å². The van der Waals surface area contributed by atoms with Crippen LogP contribution in [0.1, 0.15) is 46.0 Å². The zero-order valence-corrected chi connectivity index (χ0v) is 9.01. The SMILES string of the molecule is CCCCC(=O)NC(CCC)C(N)=O. The van der Waals surface area contributed by atoms with Gasteiger partial charge < -0.3 is 11.1 Å². The van der Waals surface area contributed by atoms with Gasteiger partial charge in [-0.3, -0.25) is 9.59 Å². The van der Waals surface area contributed by atoms with Crippen LogP contribution in [0.15, 0.2) is 0 Å². The van der Waals surface area contributed by atoms with E-state index in [1.807, 2.05) is 13.8 Å². The molecule has 2 amide bonds. The predicted molar refractivity (Wildman–Crippen MR) is 55.6 cm³/mol. The molecule has 0 aromatic carbocycles. The van der Waals surface area contributed by atoms with Gasteiger partial charge in [0.2, 0.25) is 11.8 Å². The van der Waals surface area contributed by atoms with Crippen molar-refractivity contribution in [1.29, 1.82) is 0 Å². The van der Waals surface area contributed by atoms with E-state index in [9.17, 15) is 9.59 Å². The molecule has 3 N–H and O–H groups in total. The standard InChI is InChI=1S/C10H20N2O2/c1-3-5-7-9(13)12-8(6-4-2)10(11)14/h8H,3-7H2,1-2H3,(H2,11,14)(H,12,13). The molecule has 4 nitrogen and oxygen atoms in total. The summed E-state index contributed by atoms with van der Waals surface area (Å²) in [4.78, 5) is 22.2. The highest BCUT2D eigenvalue weighted by Gasteiger charge is 2.15. The number of rotatable bonds is 7. The molecular weight excluding hydrogens is 180 g/mol. The van der Waals surface area contributed by atoms with Gasteiger partial charge >= 0.3 is 0 Å². The van der Waals surface area contributed by atoms with Gasteiger partial charge in [-0.05, 0) is 12.8 Å². The van der Waals surface area contributed by atoms with Crippen molar-refractivity contribution in [2.45, 2.75) is 52.0 Å². The maximum absolute atomic E-state index is 11.3. The molecule has 14 heavy (non-hydrogen) atoms. The maximum Gasteiger partial charge on any atom is 0.239 e. The van der Waals surface area contributed by atoms with Crippen LogP contribution in [0.4, 0.5) is 0 Å². The highest BCUT2D eigenvalue weighted by Crippen LogP contribution is 1.99. The Labute approximate surface area is 85.2 Å². The van der Waals surface area contributed by atoms with E-state index in [2.05, 4.69) is 5.32 Å².